The molecule has 0 heterocycles. The van der Waals surface area contributed by atoms with Crippen LogP contribution in [0.5, 0.6) is 0 Å². The maximum atomic E-state index is 13.0. The Morgan fingerprint density at radius 3 is 3.07 bits per heavy atom. The summed E-state index contributed by atoms with van der Waals surface area (Å²) in [5, 5.41) is 2.82. The molecule has 0 unspecified atom stereocenters. The van der Waals surface area contributed by atoms with Crippen LogP contribution >= 0.6 is 0 Å². The van der Waals surface area contributed by atoms with Gasteiger partial charge in [0.1, 0.15) is 5.82 Å². The van der Waals surface area contributed by atoms with E-state index in [4.69, 9.17) is 0 Å². The highest BCUT2D eigenvalue weighted by Crippen LogP contribution is 2.31. The van der Waals surface area contributed by atoms with Gasteiger partial charge in [0.15, 0.2) is 0 Å². The molecule has 0 aliphatic heterocycles. The van der Waals surface area contributed by atoms with Gasteiger partial charge in [0.2, 0.25) is 5.91 Å². The molecule has 1 amide bonds. The van der Waals surface area contributed by atoms with E-state index in [-0.39, 0.29) is 17.8 Å². The largest absolute Gasteiger partial charge is 0.350 e. The minimum atomic E-state index is -0.235. The number of hydrogen-bond donors (Lipinski definition) is 1. The third kappa shape index (κ3) is 1.62. The predicted octanol–water partition coefficient (Wildman–Crippen LogP) is 1.95. The zero-order valence-electron chi connectivity index (χ0n) is 8.01. The monoisotopic (exact) mass is 193 g/mol. The molecule has 1 N–H and O–H groups in total. The van der Waals surface area contributed by atoms with E-state index in [1.165, 1.54) is 19.1 Å². The molecule has 3 heteroatoms. The van der Waals surface area contributed by atoms with Crippen molar-refractivity contribution in [1.29, 1.82) is 0 Å². The number of carbonyl (C=O) groups is 1. The van der Waals surface area contributed by atoms with E-state index in [9.17, 15) is 9.18 Å². The molecule has 1 aromatic carbocycles. The second-order valence-electron chi connectivity index (χ2n) is 3.63. The van der Waals surface area contributed by atoms with Crippen LogP contribution in [0.2, 0.25) is 0 Å². The van der Waals surface area contributed by atoms with Gasteiger partial charge in [0.05, 0.1) is 6.04 Å². The van der Waals surface area contributed by atoms with Gasteiger partial charge in [-0.3, -0.25) is 4.79 Å². The molecule has 2 rings (SSSR count). The Morgan fingerprint density at radius 1 is 1.57 bits per heavy atom. The van der Waals surface area contributed by atoms with Gasteiger partial charge in [-0.1, -0.05) is 6.07 Å². The summed E-state index contributed by atoms with van der Waals surface area (Å²) in [5.74, 6) is -0.298. The summed E-state index contributed by atoms with van der Waals surface area (Å²) in [5.41, 5.74) is 2.07. The Hall–Kier alpha value is -1.38. The Balaban J connectivity index is 2.28. The van der Waals surface area contributed by atoms with E-state index in [2.05, 4.69) is 5.32 Å². The van der Waals surface area contributed by atoms with Crippen LogP contribution < -0.4 is 5.32 Å². The number of amides is 1. The van der Waals surface area contributed by atoms with E-state index in [0.29, 0.717) is 0 Å². The molecular weight excluding hydrogens is 181 g/mol. The Morgan fingerprint density at radius 2 is 2.36 bits per heavy atom. The molecule has 0 bridgehead atoms. The Bertz CT molecular complexity index is 376. The van der Waals surface area contributed by atoms with Crippen LogP contribution in [0.25, 0.3) is 0 Å². The first-order valence-electron chi connectivity index (χ1n) is 4.72. The number of halogens is 1. The van der Waals surface area contributed by atoms with Crippen LogP contribution in [0.3, 0.4) is 0 Å². The summed E-state index contributed by atoms with van der Waals surface area (Å²) < 4.78 is 13.0. The van der Waals surface area contributed by atoms with Gasteiger partial charge in [-0.2, -0.15) is 0 Å². The van der Waals surface area contributed by atoms with Crippen molar-refractivity contribution in [3.05, 3.63) is 35.1 Å². The van der Waals surface area contributed by atoms with Crippen molar-refractivity contribution in [2.45, 2.75) is 25.8 Å². The van der Waals surface area contributed by atoms with E-state index < -0.39 is 0 Å². The van der Waals surface area contributed by atoms with Gasteiger partial charge in [0, 0.05) is 6.92 Å². The third-order valence-electron chi connectivity index (χ3n) is 2.56. The van der Waals surface area contributed by atoms with Gasteiger partial charge in [0.25, 0.3) is 0 Å². The molecule has 0 spiro atoms. The van der Waals surface area contributed by atoms with Crippen molar-refractivity contribution in [3.8, 4) is 0 Å². The van der Waals surface area contributed by atoms with Crippen molar-refractivity contribution in [2.24, 2.45) is 0 Å². The topological polar surface area (TPSA) is 29.1 Å². The van der Waals surface area contributed by atoms with Crippen LogP contribution in [0.1, 0.15) is 30.5 Å². The van der Waals surface area contributed by atoms with Crippen molar-refractivity contribution in [2.75, 3.05) is 0 Å². The normalized spacial score (nSPS) is 19.1. The number of carbonyl (C=O) groups excluding carboxylic acids is 1. The second-order valence-corrected chi connectivity index (χ2v) is 3.63. The van der Waals surface area contributed by atoms with Gasteiger partial charge < -0.3 is 5.32 Å². The lowest BCUT2D eigenvalue weighted by atomic mass is 10.1. The molecule has 0 fully saturated rings. The number of benzene rings is 1. The highest BCUT2D eigenvalue weighted by molar-refractivity contribution is 5.73. The smallest absolute Gasteiger partial charge is 0.217 e. The lowest BCUT2D eigenvalue weighted by Gasteiger charge is -2.12. The maximum Gasteiger partial charge on any atom is 0.217 e. The van der Waals surface area contributed by atoms with Crippen molar-refractivity contribution >= 4 is 5.91 Å². The molecule has 2 nitrogen and oxygen atoms in total. The lowest BCUT2D eigenvalue weighted by molar-refractivity contribution is -0.119. The molecule has 0 radical (unpaired) electrons. The molecule has 1 aliphatic rings. The molecule has 74 valence electrons. The van der Waals surface area contributed by atoms with Gasteiger partial charge >= 0.3 is 0 Å². The molecule has 0 aromatic heterocycles. The van der Waals surface area contributed by atoms with Gasteiger partial charge in [-0.25, -0.2) is 4.39 Å². The summed E-state index contributed by atoms with van der Waals surface area (Å²) >= 11 is 0. The summed E-state index contributed by atoms with van der Waals surface area (Å²) in [6, 6.07) is 4.78. The number of aryl methyl sites for hydroxylation is 1. The zero-order chi connectivity index (χ0) is 10.1. The van der Waals surface area contributed by atoms with Crippen LogP contribution in [0.15, 0.2) is 18.2 Å². The fourth-order valence-corrected chi connectivity index (χ4v) is 1.97. The number of nitrogens with one attached hydrogen (secondary N) is 1. The second kappa shape index (κ2) is 3.40. The van der Waals surface area contributed by atoms with Gasteiger partial charge in [-0.15, -0.1) is 0 Å². The quantitative estimate of drug-likeness (QED) is 0.725. The number of hydrogen-bond acceptors (Lipinski definition) is 1. The van der Waals surface area contributed by atoms with E-state index in [1.807, 2.05) is 0 Å². The van der Waals surface area contributed by atoms with Crippen LogP contribution in [0.4, 0.5) is 4.39 Å². The molecule has 1 aliphatic carbocycles. The van der Waals surface area contributed by atoms with Crippen LogP contribution in [-0.2, 0) is 11.2 Å². The fraction of sp³-hybridized carbons (Fsp3) is 0.364. The van der Waals surface area contributed by atoms with Gasteiger partial charge in [-0.05, 0) is 36.1 Å². The number of rotatable bonds is 1. The standard InChI is InChI=1S/C11H12FNO/c1-7(14)13-11-5-3-8-2-4-9(12)6-10(8)11/h2,4,6,11H,3,5H2,1H3,(H,13,14)/t11-/m1/s1. The summed E-state index contributed by atoms with van der Waals surface area (Å²) in [6.07, 6.45) is 1.79. The molecule has 1 aromatic rings. The first-order chi connectivity index (χ1) is 6.66. The average molecular weight is 193 g/mol. The SMILES string of the molecule is CC(=O)N[C@@H]1CCc2ccc(F)cc21. The lowest BCUT2D eigenvalue weighted by Crippen LogP contribution is -2.24. The first kappa shape index (κ1) is 9.19. The molecule has 0 saturated carbocycles. The minimum Gasteiger partial charge on any atom is -0.350 e. The Labute approximate surface area is 82.1 Å². The zero-order valence-corrected chi connectivity index (χ0v) is 8.01. The molecule has 0 saturated heterocycles. The fourth-order valence-electron chi connectivity index (χ4n) is 1.97. The summed E-state index contributed by atoms with van der Waals surface area (Å²) in [7, 11) is 0. The first-order valence-corrected chi connectivity index (χ1v) is 4.72. The van der Waals surface area contributed by atoms with Crippen molar-refractivity contribution in [3.63, 3.8) is 0 Å². The van der Waals surface area contributed by atoms with E-state index in [1.54, 1.807) is 6.07 Å². The molecule has 1 atom stereocenters. The predicted molar refractivity (Wildman–Crippen MR) is 51.3 cm³/mol. The van der Waals surface area contributed by atoms with Crippen LogP contribution in [-0.4, -0.2) is 5.91 Å². The highest BCUT2D eigenvalue weighted by atomic mass is 19.1. The van der Waals surface area contributed by atoms with Crippen molar-refractivity contribution in [1.82, 2.24) is 5.32 Å². The molecule has 14 heavy (non-hydrogen) atoms. The maximum absolute atomic E-state index is 13.0. The van der Waals surface area contributed by atoms with E-state index in [0.717, 1.165) is 24.0 Å². The highest BCUT2D eigenvalue weighted by Gasteiger charge is 2.23. The number of fused-ring (bicyclic) bond motifs is 1. The molecular formula is C11H12FNO. The summed E-state index contributed by atoms with van der Waals surface area (Å²) in [4.78, 5) is 10.9. The van der Waals surface area contributed by atoms with Crippen LogP contribution in [0, 0.1) is 5.82 Å². The minimum absolute atomic E-state index is 0.00167. The Kier molecular flexibility index (Phi) is 2.23. The third-order valence-corrected chi connectivity index (χ3v) is 2.56. The average Bonchev–Trinajstić information content (AvgIpc) is 2.47. The van der Waals surface area contributed by atoms with E-state index >= 15 is 0 Å². The summed E-state index contributed by atoms with van der Waals surface area (Å²) in [6.45, 7) is 1.48. The van der Waals surface area contributed by atoms with Crippen molar-refractivity contribution < 1.29 is 9.18 Å².